The Morgan fingerprint density at radius 2 is 0.808 bits per heavy atom. The van der Waals surface area contributed by atoms with Crippen LogP contribution in [0.3, 0.4) is 0 Å². The molecule has 1 fully saturated rings. The minimum Gasteiger partial charge on any atom is -0.478 e. The molecule has 0 bridgehead atoms. The van der Waals surface area contributed by atoms with Crippen molar-refractivity contribution in [2.45, 2.75) is 11.6 Å². The molecule has 0 radical (unpaired) electrons. The van der Waals surface area contributed by atoms with Gasteiger partial charge in [-0.25, -0.2) is 0 Å². The standard InChI is InChI=1S/C40H38N3O6P3/c1-41-51(47-36-27-15-6-16-28-36)39(40(51)44-33-21-9-3-10-22-33)42-52(48-37-29-17-7-18-30-37,49-38-31-19-8-20-32-38)43-50(2,45-34-23-11-4-12-24-34)46-35-25-13-5-14-26-35/h3-32,39-40H,1-2H3. The molecule has 6 aromatic rings. The minimum atomic E-state index is -3.81. The summed E-state index contributed by atoms with van der Waals surface area (Å²) in [6, 6.07) is 56.8. The summed E-state index contributed by atoms with van der Waals surface area (Å²) in [7, 11) is -8.19. The van der Waals surface area contributed by atoms with E-state index in [1.165, 1.54) is 0 Å². The van der Waals surface area contributed by atoms with Gasteiger partial charge in [-0.05, 0) is 72.8 Å². The van der Waals surface area contributed by atoms with E-state index in [4.69, 9.17) is 41.4 Å². The van der Waals surface area contributed by atoms with Crippen LogP contribution in [0, 0.1) is 0 Å². The van der Waals surface area contributed by atoms with Gasteiger partial charge in [0.2, 0.25) is 7.28 Å². The summed E-state index contributed by atoms with van der Waals surface area (Å²) < 4.78 is 56.3. The molecular weight excluding hydrogens is 711 g/mol. The molecule has 52 heavy (non-hydrogen) atoms. The van der Waals surface area contributed by atoms with Crippen molar-refractivity contribution < 1.29 is 27.4 Å². The third kappa shape index (κ3) is 8.63. The lowest BCUT2D eigenvalue weighted by Gasteiger charge is -2.27. The van der Waals surface area contributed by atoms with E-state index in [2.05, 4.69) is 0 Å². The van der Waals surface area contributed by atoms with E-state index in [0.717, 1.165) is 0 Å². The van der Waals surface area contributed by atoms with Crippen LogP contribution in [-0.2, 0) is 0 Å². The second-order valence-corrected chi connectivity index (χ2v) is 18.9. The first kappa shape index (κ1) is 35.2. The fraction of sp³-hybridized carbons (Fsp3) is 0.100. The van der Waals surface area contributed by atoms with Crippen LogP contribution in [-0.4, -0.2) is 25.3 Å². The lowest BCUT2D eigenvalue weighted by molar-refractivity contribution is 0.311. The van der Waals surface area contributed by atoms with E-state index in [1.807, 2.05) is 189 Å². The molecule has 0 amide bonds. The maximum Gasteiger partial charge on any atom is 0.449 e. The van der Waals surface area contributed by atoms with Gasteiger partial charge in [0, 0.05) is 13.7 Å². The number of ether oxygens (including phenoxy) is 1. The molecule has 1 aliphatic rings. The minimum absolute atomic E-state index is 0.507. The zero-order valence-corrected chi connectivity index (χ0v) is 31.3. The van der Waals surface area contributed by atoms with Crippen LogP contribution in [0.4, 0.5) is 0 Å². The molecule has 12 heteroatoms. The van der Waals surface area contributed by atoms with Crippen LogP contribution >= 0.6 is 22.4 Å². The van der Waals surface area contributed by atoms with Crippen LogP contribution in [0.25, 0.3) is 0 Å². The highest BCUT2D eigenvalue weighted by molar-refractivity contribution is 7.72. The van der Waals surface area contributed by atoms with E-state index in [-0.39, 0.29) is 0 Å². The molecule has 0 aliphatic carbocycles. The van der Waals surface area contributed by atoms with Gasteiger partial charge in [0.15, 0.2) is 11.6 Å². The highest BCUT2D eigenvalue weighted by Crippen LogP contribution is 2.79. The fourth-order valence-electron chi connectivity index (χ4n) is 5.33. The molecule has 1 saturated heterocycles. The predicted molar refractivity (Wildman–Crippen MR) is 210 cm³/mol. The van der Waals surface area contributed by atoms with Crippen LogP contribution in [0.5, 0.6) is 34.5 Å². The predicted octanol–water partition coefficient (Wildman–Crippen LogP) is 12.5. The van der Waals surface area contributed by atoms with Crippen LogP contribution in [0.1, 0.15) is 0 Å². The van der Waals surface area contributed by atoms with Crippen molar-refractivity contribution in [1.29, 1.82) is 0 Å². The van der Waals surface area contributed by atoms with Gasteiger partial charge < -0.3 is 27.4 Å². The number of benzene rings is 6. The highest BCUT2D eigenvalue weighted by Gasteiger charge is 2.66. The first-order chi connectivity index (χ1) is 25.5. The lowest BCUT2D eigenvalue weighted by atomic mass is 10.3. The molecule has 0 N–H and O–H groups in total. The van der Waals surface area contributed by atoms with Crippen molar-refractivity contribution >= 4 is 22.4 Å². The molecule has 3 atom stereocenters. The number of hydrogen-bond acceptors (Lipinski definition) is 8. The van der Waals surface area contributed by atoms with Crippen molar-refractivity contribution in [2.75, 3.05) is 13.7 Å². The van der Waals surface area contributed by atoms with E-state index in [1.54, 1.807) is 7.05 Å². The Kier molecular flexibility index (Phi) is 10.8. The van der Waals surface area contributed by atoms with Gasteiger partial charge in [0.05, 0.1) is 0 Å². The number of rotatable bonds is 14. The van der Waals surface area contributed by atoms with Crippen molar-refractivity contribution in [3.63, 3.8) is 0 Å². The van der Waals surface area contributed by atoms with Gasteiger partial charge in [-0.2, -0.15) is 4.74 Å². The number of para-hydroxylation sites is 6. The Morgan fingerprint density at radius 1 is 0.462 bits per heavy atom. The summed E-state index contributed by atoms with van der Waals surface area (Å²) in [5, 5.41) is 0. The molecule has 264 valence electrons. The summed E-state index contributed by atoms with van der Waals surface area (Å²) in [5.74, 6) is 2.32. The van der Waals surface area contributed by atoms with E-state index in [0.29, 0.717) is 34.5 Å². The van der Waals surface area contributed by atoms with E-state index >= 15 is 0 Å². The van der Waals surface area contributed by atoms with Crippen molar-refractivity contribution in [3.05, 3.63) is 182 Å². The van der Waals surface area contributed by atoms with Crippen LogP contribution < -0.4 is 27.4 Å². The highest BCUT2D eigenvalue weighted by atomic mass is 31.2. The largest absolute Gasteiger partial charge is 0.478 e. The molecule has 0 saturated carbocycles. The molecule has 1 heterocycles. The number of hydrogen-bond donors (Lipinski definition) is 0. The fourth-order valence-corrected chi connectivity index (χ4v) is 13.7. The molecular formula is C40H38N3O6P3. The molecule has 0 spiro atoms. The summed E-state index contributed by atoms with van der Waals surface area (Å²) in [6.07, 6.45) is 0. The van der Waals surface area contributed by atoms with E-state index in [9.17, 15) is 0 Å². The molecule has 9 nitrogen and oxygen atoms in total. The SMILES string of the molecule is CN=P1(Oc2ccccc2)C(N=P(N=P(C)(Oc2ccccc2)Oc2ccccc2)(Oc2ccccc2)Oc2ccccc2)C1Oc1ccccc1. The third-order valence-corrected chi connectivity index (χ3v) is 15.7. The quantitative estimate of drug-likeness (QED) is 0.103. The lowest BCUT2D eigenvalue weighted by Crippen LogP contribution is -2.07. The summed E-state index contributed by atoms with van der Waals surface area (Å²) in [6.45, 7) is 1.83. The van der Waals surface area contributed by atoms with Crippen molar-refractivity contribution in [2.24, 2.45) is 14.0 Å². The van der Waals surface area contributed by atoms with Crippen LogP contribution in [0.2, 0.25) is 0 Å². The van der Waals surface area contributed by atoms with Crippen molar-refractivity contribution in [1.82, 2.24) is 0 Å². The van der Waals surface area contributed by atoms with Gasteiger partial charge in [-0.3, -0.25) is 4.74 Å². The second kappa shape index (κ2) is 16.0. The monoisotopic (exact) mass is 749 g/mol. The molecule has 3 unspecified atom stereocenters. The summed E-state index contributed by atoms with van der Waals surface area (Å²) in [5.41, 5.74) is 0. The molecule has 0 aromatic heterocycles. The summed E-state index contributed by atoms with van der Waals surface area (Å²) in [4.78, 5) is 0. The van der Waals surface area contributed by atoms with Gasteiger partial charge >= 0.3 is 15.2 Å². The summed E-state index contributed by atoms with van der Waals surface area (Å²) >= 11 is 0. The first-order valence-electron chi connectivity index (χ1n) is 16.6. The maximum absolute atomic E-state index is 6.90. The zero-order valence-electron chi connectivity index (χ0n) is 28.6. The zero-order chi connectivity index (χ0) is 35.7. The number of nitrogens with zero attached hydrogens (tertiary/aromatic N) is 3. The molecule has 1 aliphatic heterocycles. The molecule has 7 rings (SSSR count). The Bertz CT molecular complexity index is 2120. The normalized spacial score (nSPS) is 17.9. The van der Waals surface area contributed by atoms with Gasteiger partial charge in [0.1, 0.15) is 34.5 Å². The maximum atomic E-state index is 6.90. The molecule has 6 aromatic carbocycles. The topological polar surface area (TPSA) is 92.5 Å². The Labute approximate surface area is 304 Å². The van der Waals surface area contributed by atoms with Gasteiger partial charge in [-0.15, -0.1) is 4.52 Å². The van der Waals surface area contributed by atoms with Gasteiger partial charge in [-0.1, -0.05) is 109 Å². The Balaban J connectivity index is 1.46. The Hall–Kier alpha value is -5.19. The van der Waals surface area contributed by atoms with Crippen molar-refractivity contribution in [3.8, 4) is 34.5 Å². The second-order valence-electron chi connectivity index (χ2n) is 11.6. The average molecular weight is 750 g/mol. The average Bonchev–Trinajstić information content (AvgIpc) is 3.75. The Morgan fingerprint density at radius 3 is 1.19 bits per heavy atom. The first-order valence-corrected chi connectivity index (χ1v) is 22.0. The third-order valence-electron chi connectivity index (χ3n) is 7.73. The smallest absolute Gasteiger partial charge is 0.449 e. The van der Waals surface area contributed by atoms with E-state index < -0.39 is 34.1 Å². The van der Waals surface area contributed by atoms with Gasteiger partial charge in [0.25, 0.3) is 0 Å². The van der Waals surface area contributed by atoms with Crippen LogP contribution in [0.15, 0.2) is 196 Å².